The molecule has 0 radical (unpaired) electrons. The molecule has 1 aliphatic heterocycles. The topological polar surface area (TPSA) is 18.5 Å². The minimum Gasteiger partial charge on any atom is -0.313 e. The zero-order chi connectivity index (χ0) is 12.0. The Morgan fingerprint density at radius 3 is 2.62 bits per heavy atom. The molecule has 0 spiro atoms. The maximum absolute atomic E-state index is 3.60. The van der Waals surface area contributed by atoms with Crippen molar-refractivity contribution < 1.29 is 0 Å². The van der Waals surface area contributed by atoms with E-state index in [2.05, 4.69) is 42.9 Å². The monoisotopic (exact) mass is 227 g/mol. The van der Waals surface area contributed by atoms with Gasteiger partial charge in [-0.3, -0.25) is 4.90 Å². The van der Waals surface area contributed by atoms with Crippen LogP contribution < -0.4 is 5.32 Å². The Hall–Kier alpha value is -0.120. The summed E-state index contributed by atoms with van der Waals surface area (Å²) in [7, 11) is 2.23. The molecule has 96 valence electrons. The molecule has 2 unspecified atom stereocenters. The van der Waals surface area contributed by atoms with Gasteiger partial charge in [-0.05, 0) is 26.9 Å². The fraction of sp³-hybridized carbons (Fsp3) is 1.00. The molecule has 0 aromatic carbocycles. The summed E-state index contributed by atoms with van der Waals surface area (Å²) in [5.74, 6) is 0. The summed E-state index contributed by atoms with van der Waals surface area (Å²) in [5.41, 5.74) is 0. The molecule has 1 rings (SSSR count). The van der Waals surface area contributed by atoms with Crippen LogP contribution in [0.4, 0.5) is 0 Å². The maximum Gasteiger partial charge on any atom is 0.0194 e. The van der Waals surface area contributed by atoms with Crippen molar-refractivity contribution in [2.75, 3.05) is 39.8 Å². The number of nitrogens with one attached hydrogen (secondary N) is 1. The molecule has 16 heavy (non-hydrogen) atoms. The first-order valence-corrected chi connectivity index (χ1v) is 6.83. The van der Waals surface area contributed by atoms with E-state index in [1.54, 1.807) is 0 Å². The fourth-order valence-electron chi connectivity index (χ4n) is 2.50. The van der Waals surface area contributed by atoms with Gasteiger partial charge in [0.05, 0.1) is 0 Å². The minimum atomic E-state index is 0.686. The molecule has 2 atom stereocenters. The van der Waals surface area contributed by atoms with E-state index in [9.17, 15) is 0 Å². The predicted molar refractivity (Wildman–Crippen MR) is 70.9 cm³/mol. The van der Waals surface area contributed by atoms with E-state index in [4.69, 9.17) is 0 Å². The number of hydrogen-bond acceptors (Lipinski definition) is 3. The van der Waals surface area contributed by atoms with Crippen LogP contribution in [0.15, 0.2) is 0 Å². The minimum absolute atomic E-state index is 0.686. The smallest absolute Gasteiger partial charge is 0.0194 e. The van der Waals surface area contributed by atoms with Crippen LogP contribution in [0, 0.1) is 0 Å². The molecule has 1 heterocycles. The summed E-state index contributed by atoms with van der Waals surface area (Å²) < 4.78 is 0. The van der Waals surface area contributed by atoms with Crippen LogP contribution in [0.3, 0.4) is 0 Å². The number of likely N-dealkylation sites (N-methyl/N-ethyl adjacent to an activating group) is 2. The highest BCUT2D eigenvalue weighted by atomic mass is 15.3. The van der Waals surface area contributed by atoms with Crippen LogP contribution in [0.25, 0.3) is 0 Å². The zero-order valence-electron chi connectivity index (χ0n) is 11.5. The molecule has 0 amide bonds. The Bertz CT molecular complexity index is 178. The average Bonchev–Trinajstić information content (AvgIpc) is 2.24. The van der Waals surface area contributed by atoms with Crippen molar-refractivity contribution in [2.24, 2.45) is 0 Å². The molecular weight excluding hydrogens is 198 g/mol. The average molecular weight is 227 g/mol. The number of rotatable bonds is 6. The van der Waals surface area contributed by atoms with Crippen LogP contribution in [0.5, 0.6) is 0 Å². The third-order valence-electron chi connectivity index (χ3n) is 3.65. The molecule has 3 heteroatoms. The zero-order valence-corrected chi connectivity index (χ0v) is 11.5. The standard InChI is InChI=1S/C13H29N3/c1-5-7-13(14-6-2)11-16-9-8-15(4)12(3)10-16/h12-14H,5-11H2,1-4H3. The van der Waals surface area contributed by atoms with Crippen molar-refractivity contribution in [3.05, 3.63) is 0 Å². The van der Waals surface area contributed by atoms with Gasteiger partial charge in [0, 0.05) is 38.3 Å². The molecule has 1 saturated heterocycles. The normalized spacial score (nSPS) is 25.9. The van der Waals surface area contributed by atoms with E-state index < -0.39 is 0 Å². The molecule has 3 nitrogen and oxygen atoms in total. The van der Waals surface area contributed by atoms with Crippen molar-refractivity contribution >= 4 is 0 Å². The Kier molecular flexibility index (Phi) is 6.32. The van der Waals surface area contributed by atoms with E-state index in [0.717, 1.165) is 6.54 Å². The van der Waals surface area contributed by atoms with Crippen LogP contribution in [-0.4, -0.2) is 61.7 Å². The van der Waals surface area contributed by atoms with Crippen molar-refractivity contribution in [2.45, 2.75) is 45.7 Å². The molecular formula is C13H29N3. The second-order valence-electron chi connectivity index (χ2n) is 5.13. The predicted octanol–water partition coefficient (Wildman–Crippen LogP) is 1.40. The molecule has 0 saturated carbocycles. The van der Waals surface area contributed by atoms with E-state index in [1.807, 2.05) is 0 Å². The highest BCUT2D eigenvalue weighted by Gasteiger charge is 2.22. The van der Waals surface area contributed by atoms with E-state index in [1.165, 1.54) is 39.0 Å². The first kappa shape index (κ1) is 13.9. The van der Waals surface area contributed by atoms with Gasteiger partial charge in [0.2, 0.25) is 0 Å². The van der Waals surface area contributed by atoms with Crippen LogP contribution in [-0.2, 0) is 0 Å². The van der Waals surface area contributed by atoms with Crippen LogP contribution in [0.1, 0.15) is 33.6 Å². The first-order chi connectivity index (χ1) is 7.67. The fourth-order valence-corrected chi connectivity index (χ4v) is 2.50. The molecule has 1 aliphatic rings. The van der Waals surface area contributed by atoms with E-state index in [0.29, 0.717) is 12.1 Å². The van der Waals surface area contributed by atoms with Crippen molar-refractivity contribution in [3.63, 3.8) is 0 Å². The second kappa shape index (κ2) is 7.25. The van der Waals surface area contributed by atoms with Gasteiger partial charge < -0.3 is 10.2 Å². The van der Waals surface area contributed by atoms with Crippen LogP contribution >= 0.6 is 0 Å². The van der Waals surface area contributed by atoms with Crippen molar-refractivity contribution in [1.29, 1.82) is 0 Å². The lowest BCUT2D eigenvalue weighted by atomic mass is 10.1. The molecule has 1 fully saturated rings. The number of nitrogens with zero attached hydrogens (tertiary/aromatic N) is 2. The largest absolute Gasteiger partial charge is 0.313 e. The molecule has 0 aromatic heterocycles. The van der Waals surface area contributed by atoms with E-state index >= 15 is 0 Å². The van der Waals surface area contributed by atoms with Gasteiger partial charge in [-0.25, -0.2) is 0 Å². The second-order valence-corrected chi connectivity index (χ2v) is 5.13. The Morgan fingerprint density at radius 2 is 2.06 bits per heavy atom. The summed E-state index contributed by atoms with van der Waals surface area (Å²) >= 11 is 0. The van der Waals surface area contributed by atoms with E-state index in [-0.39, 0.29) is 0 Å². The third-order valence-corrected chi connectivity index (χ3v) is 3.65. The van der Waals surface area contributed by atoms with Gasteiger partial charge in [0.1, 0.15) is 0 Å². The Morgan fingerprint density at radius 1 is 1.31 bits per heavy atom. The van der Waals surface area contributed by atoms with Gasteiger partial charge in [-0.1, -0.05) is 20.3 Å². The maximum atomic E-state index is 3.60. The highest BCUT2D eigenvalue weighted by molar-refractivity contribution is 4.80. The van der Waals surface area contributed by atoms with Gasteiger partial charge in [-0.2, -0.15) is 0 Å². The van der Waals surface area contributed by atoms with Crippen molar-refractivity contribution in [3.8, 4) is 0 Å². The number of piperazine rings is 1. The summed E-state index contributed by atoms with van der Waals surface area (Å²) in [6, 6.07) is 1.39. The SMILES string of the molecule is CCCC(CN1CCN(C)C(C)C1)NCC. The van der Waals surface area contributed by atoms with Gasteiger partial charge in [0.15, 0.2) is 0 Å². The van der Waals surface area contributed by atoms with Crippen molar-refractivity contribution in [1.82, 2.24) is 15.1 Å². The summed E-state index contributed by atoms with van der Waals surface area (Å²) in [6.45, 7) is 12.8. The lowest BCUT2D eigenvalue weighted by Gasteiger charge is -2.39. The van der Waals surface area contributed by atoms with Gasteiger partial charge in [0.25, 0.3) is 0 Å². The summed E-state index contributed by atoms with van der Waals surface area (Å²) in [4.78, 5) is 5.08. The summed E-state index contributed by atoms with van der Waals surface area (Å²) in [6.07, 6.45) is 2.58. The van der Waals surface area contributed by atoms with Crippen LogP contribution in [0.2, 0.25) is 0 Å². The number of hydrogen-bond donors (Lipinski definition) is 1. The molecule has 0 aromatic rings. The lowest BCUT2D eigenvalue weighted by molar-refractivity contribution is 0.0961. The molecule has 1 N–H and O–H groups in total. The quantitative estimate of drug-likeness (QED) is 0.740. The summed E-state index contributed by atoms with van der Waals surface area (Å²) in [5, 5.41) is 3.60. The molecule has 0 aliphatic carbocycles. The molecule has 0 bridgehead atoms. The lowest BCUT2D eigenvalue weighted by Crippen LogP contribution is -2.53. The Balaban J connectivity index is 2.33. The van der Waals surface area contributed by atoms with Gasteiger partial charge in [-0.15, -0.1) is 0 Å². The Labute approximate surface area is 101 Å². The van der Waals surface area contributed by atoms with Gasteiger partial charge >= 0.3 is 0 Å². The highest BCUT2D eigenvalue weighted by Crippen LogP contribution is 2.09. The third kappa shape index (κ3) is 4.40. The first-order valence-electron chi connectivity index (χ1n) is 6.83.